The lowest BCUT2D eigenvalue weighted by molar-refractivity contribution is 0.145. The van der Waals surface area contributed by atoms with Gasteiger partial charge in [0.1, 0.15) is 5.75 Å². The number of nitrogens with one attached hydrogen (secondary N) is 2. The highest BCUT2D eigenvalue weighted by molar-refractivity contribution is 9.10. The molecule has 2 N–H and O–H groups in total. The summed E-state index contributed by atoms with van der Waals surface area (Å²) >= 11 is 5.26. The van der Waals surface area contributed by atoms with E-state index < -0.39 is 0 Å². The van der Waals surface area contributed by atoms with Gasteiger partial charge in [0.25, 0.3) is 0 Å². The number of likely N-dealkylation sites (N-methyl/N-ethyl adjacent to an activating group) is 1. The third kappa shape index (κ3) is 6.99. The number of hydrogen-bond donors (Lipinski definition) is 2. The second kappa shape index (κ2) is 12.1. The van der Waals surface area contributed by atoms with Crippen LogP contribution in [0.15, 0.2) is 58.0 Å². The number of halogens is 1. The molecule has 0 radical (unpaired) electrons. The predicted octanol–water partition coefficient (Wildman–Crippen LogP) is 5.18. The highest BCUT2D eigenvalue weighted by atomic mass is 79.9. The van der Waals surface area contributed by atoms with Gasteiger partial charge in [0.2, 0.25) is 0 Å². The van der Waals surface area contributed by atoms with Crippen LogP contribution in [0.2, 0.25) is 0 Å². The highest BCUT2D eigenvalue weighted by Crippen LogP contribution is 2.24. The van der Waals surface area contributed by atoms with Gasteiger partial charge >= 0.3 is 0 Å². The van der Waals surface area contributed by atoms with Gasteiger partial charge in [-0.1, -0.05) is 15.9 Å². The third-order valence-electron chi connectivity index (χ3n) is 5.95. The summed E-state index contributed by atoms with van der Waals surface area (Å²) in [6, 6.07) is 14.8. The van der Waals surface area contributed by atoms with Crippen LogP contribution < -0.4 is 9.46 Å². The zero-order valence-electron chi connectivity index (χ0n) is 18.8. The number of aromatic amines is 1. The number of fused-ring (bicyclic) bond motifs is 1. The van der Waals surface area contributed by atoms with E-state index in [-0.39, 0.29) is 0 Å². The molecule has 1 saturated heterocycles. The fourth-order valence-electron chi connectivity index (χ4n) is 4.00. The Kier molecular flexibility index (Phi) is 8.93. The Morgan fingerprint density at radius 3 is 2.69 bits per heavy atom. The fraction of sp³-hybridized carbons (Fsp3) is 0.440. The van der Waals surface area contributed by atoms with Crippen molar-refractivity contribution in [3.8, 4) is 5.75 Å². The Morgan fingerprint density at radius 1 is 1.06 bits per heavy atom. The molecule has 172 valence electrons. The smallest absolute Gasteiger partial charge is 0.119 e. The minimum atomic E-state index is 0.779. The molecule has 0 bridgehead atoms. The van der Waals surface area contributed by atoms with Crippen molar-refractivity contribution >= 4 is 38.8 Å². The van der Waals surface area contributed by atoms with Crippen molar-refractivity contribution in [1.29, 1.82) is 0 Å². The van der Waals surface area contributed by atoms with Gasteiger partial charge in [-0.15, -0.1) is 0 Å². The van der Waals surface area contributed by atoms with Gasteiger partial charge in [0.15, 0.2) is 0 Å². The van der Waals surface area contributed by atoms with Gasteiger partial charge in [0.05, 0.1) is 6.61 Å². The van der Waals surface area contributed by atoms with E-state index in [0.717, 1.165) is 49.2 Å². The minimum Gasteiger partial charge on any atom is -0.494 e. The number of aromatic nitrogens is 1. The number of aryl methyl sites for hydroxylation is 1. The summed E-state index contributed by atoms with van der Waals surface area (Å²) in [5.41, 5.74) is 2.58. The normalized spacial score (nSPS) is 15.4. The van der Waals surface area contributed by atoms with E-state index in [2.05, 4.69) is 91.1 Å². The van der Waals surface area contributed by atoms with Crippen molar-refractivity contribution in [3.05, 3.63) is 58.7 Å². The lowest BCUT2D eigenvalue weighted by atomic mass is 10.1. The van der Waals surface area contributed by atoms with Crippen molar-refractivity contribution in [3.63, 3.8) is 0 Å². The molecule has 2 aromatic carbocycles. The van der Waals surface area contributed by atoms with Gasteiger partial charge in [-0.25, -0.2) is 0 Å². The van der Waals surface area contributed by atoms with Crippen LogP contribution >= 0.6 is 27.9 Å². The topological polar surface area (TPSA) is 43.5 Å². The molecule has 1 fully saturated rings. The van der Waals surface area contributed by atoms with E-state index in [1.807, 2.05) is 0 Å². The zero-order valence-corrected chi connectivity index (χ0v) is 21.2. The van der Waals surface area contributed by atoms with E-state index >= 15 is 0 Å². The largest absolute Gasteiger partial charge is 0.494 e. The Balaban J connectivity index is 1.10. The van der Waals surface area contributed by atoms with E-state index in [0.29, 0.717) is 0 Å². The standard InChI is InChI=1S/C25H33BrN4OS/c1-29-13-15-30(16-14-29)12-3-17-31-22-6-8-23(9-7-22)32-28-11-2-4-20-19-27-25-10-5-21(26)18-24(20)25/h5-10,18-19,27-28H,2-4,11-17H2,1H3. The zero-order chi connectivity index (χ0) is 22.2. The van der Waals surface area contributed by atoms with Crippen molar-refractivity contribution in [1.82, 2.24) is 19.5 Å². The van der Waals surface area contributed by atoms with Crippen molar-refractivity contribution in [2.45, 2.75) is 24.2 Å². The molecule has 1 aliphatic rings. The van der Waals surface area contributed by atoms with E-state index in [1.165, 1.54) is 47.5 Å². The van der Waals surface area contributed by atoms with E-state index in [1.54, 1.807) is 11.9 Å². The molecule has 0 unspecified atom stereocenters. The van der Waals surface area contributed by atoms with Crippen molar-refractivity contribution in [2.24, 2.45) is 0 Å². The van der Waals surface area contributed by atoms with Crippen LogP contribution in [0, 0.1) is 0 Å². The molecular formula is C25H33BrN4OS. The monoisotopic (exact) mass is 516 g/mol. The predicted molar refractivity (Wildman–Crippen MR) is 139 cm³/mol. The summed E-state index contributed by atoms with van der Waals surface area (Å²) in [7, 11) is 2.20. The summed E-state index contributed by atoms with van der Waals surface area (Å²) in [6.45, 7) is 7.58. The maximum absolute atomic E-state index is 5.93. The summed E-state index contributed by atoms with van der Waals surface area (Å²) in [5.74, 6) is 0.957. The van der Waals surface area contributed by atoms with Crippen LogP contribution in [-0.2, 0) is 6.42 Å². The maximum atomic E-state index is 5.93. The average Bonchev–Trinajstić information content (AvgIpc) is 3.20. The lowest BCUT2D eigenvalue weighted by Gasteiger charge is -2.32. The molecule has 1 aliphatic heterocycles. The van der Waals surface area contributed by atoms with E-state index in [4.69, 9.17) is 4.74 Å². The number of rotatable bonds is 11. The highest BCUT2D eigenvalue weighted by Gasteiger charge is 2.12. The van der Waals surface area contributed by atoms with Crippen LogP contribution in [0.4, 0.5) is 0 Å². The van der Waals surface area contributed by atoms with Gasteiger partial charge in [0, 0.05) is 65.7 Å². The van der Waals surface area contributed by atoms with Crippen LogP contribution in [0.3, 0.4) is 0 Å². The first-order chi connectivity index (χ1) is 15.7. The van der Waals surface area contributed by atoms with E-state index in [9.17, 15) is 0 Å². The molecule has 2 heterocycles. The summed E-state index contributed by atoms with van der Waals surface area (Å²) in [4.78, 5) is 9.50. The number of ether oxygens (including phenoxy) is 1. The first-order valence-electron chi connectivity index (χ1n) is 11.5. The molecule has 3 aromatic rings. The quantitative estimate of drug-likeness (QED) is 0.271. The van der Waals surface area contributed by atoms with Gasteiger partial charge < -0.3 is 19.5 Å². The molecule has 4 rings (SSSR count). The second-order valence-electron chi connectivity index (χ2n) is 8.42. The summed E-state index contributed by atoms with van der Waals surface area (Å²) < 4.78 is 10.5. The SMILES string of the molecule is CN1CCN(CCCOc2ccc(SNCCCc3c[nH]c4ccc(Br)cc34)cc2)CC1. The Bertz CT molecular complexity index is 970. The fourth-order valence-corrected chi connectivity index (χ4v) is 5.04. The molecule has 0 saturated carbocycles. The van der Waals surface area contributed by atoms with Crippen LogP contribution in [0.5, 0.6) is 5.75 Å². The van der Waals surface area contributed by atoms with Crippen LogP contribution in [0.1, 0.15) is 18.4 Å². The average molecular weight is 518 g/mol. The Morgan fingerprint density at radius 2 is 1.88 bits per heavy atom. The number of piperazine rings is 1. The molecule has 32 heavy (non-hydrogen) atoms. The molecule has 0 amide bonds. The second-order valence-corrected chi connectivity index (χ2v) is 10.3. The summed E-state index contributed by atoms with van der Waals surface area (Å²) in [6.07, 6.45) is 5.37. The number of benzene rings is 2. The summed E-state index contributed by atoms with van der Waals surface area (Å²) in [5, 5.41) is 1.31. The molecular weight excluding hydrogens is 484 g/mol. The van der Waals surface area contributed by atoms with Crippen LogP contribution in [-0.4, -0.2) is 67.7 Å². The third-order valence-corrected chi connectivity index (χ3v) is 7.30. The maximum Gasteiger partial charge on any atom is 0.119 e. The Labute approximate surface area is 204 Å². The van der Waals surface area contributed by atoms with Crippen molar-refractivity contribution in [2.75, 3.05) is 52.9 Å². The first-order valence-corrected chi connectivity index (χ1v) is 13.1. The first kappa shape index (κ1) is 23.6. The number of nitrogens with zero attached hydrogens (tertiary/aromatic N) is 2. The van der Waals surface area contributed by atoms with Gasteiger partial charge in [-0.2, -0.15) is 0 Å². The molecule has 0 spiro atoms. The minimum absolute atomic E-state index is 0.779. The molecule has 5 nitrogen and oxygen atoms in total. The van der Waals surface area contributed by atoms with Gasteiger partial charge in [-0.3, -0.25) is 4.72 Å². The lowest BCUT2D eigenvalue weighted by Crippen LogP contribution is -2.44. The molecule has 0 aliphatic carbocycles. The molecule has 0 atom stereocenters. The number of H-pyrrole nitrogens is 1. The van der Waals surface area contributed by atoms with Crippen molar-refractivity contribution < 1.29 is 4.74 Å². The van der Waals surface area contributed by atoms with Crippen LogP contribution in [0.25, 0.3) is 10.9 Å². The van der Waals surface area contributed by atoms with Gasteiger partial charge in [-0.05, 0) is 86.3 Å². The molecule has 1 aromatic heterocycles. The Hall–Kier alpha value is -1.51. The number of hydrogen-bond acceptors (Lipinski definition) is 5. The molecule has 7 heteroatoms.